The number of aromatic nitrogens is 3. The molecule has 6 nitrogen and oxygen atoms in total. The van der Waals surface area contributed by atoms with Gasteiger partial charge in [0, 0.05) is 26.2 Å². The Bertz CT molecular complexity index is 1160. The fraction of sp³-hybridized carbons (Fsp3) is 0.273. The molecule has 1 saturated heterocycles. The number of halogens is 1. The molecule has 0 unspecified atom stereocenters. The first kappa shape index (κ1) is 19.0. The molecule has 1 atom stereocenters. The molecule has 3 heterocycles. The van der Waals surface area contributed by atoms with Crippen molar-refractivity contribution in [3.8, 4) is 5.88 Å². The van der Waals surface area contributed by atoms with Crippen LogP contribution in [0.25, 0.3) is 4.96 Å². The smallest absolute Gasteiger partial charge is 0.230 e. The fourth-order valence-corrected chi connectivity index (χ4v) is 5.17. The van der Waals surface area contributed by atoms with E-state index in [2.05, 4.69) is 51.1 Å². The van der Waals surface area contributed by atoms with Crippen LogP contribution in [0.2, 0.25) is 0 Å². The minimum atomic E-state index is -0.191. The molecule has 154 valence electrons. The van der Waals surface area contributed by atoms with Gasteiger partial charge >= 0.3 is 0 Å². The van der Waals surface area contributed by atoms with Crippen LogP contribution in [0.5, 0.6) is 5.88 Å². The van der Waals surface area contributed by atoms with Crippen molar-refractivity contribution in [3.05, 3.63) is 76.7 Å². The van der Waals surface area contributed by atoms with Crippen LogP contribution in [-0.4, -0.2) is 50.8 Å². The number of nitrogens with zero attached hydrogens (tertiary/aromatic N) is 5. The van der Waals surface area contributed by atoms with Crippen molar-refractivity contribution < 1.29 is 9.50 Å². The zero-order chi connectivity index (χ0) is 20.7. The van der Waals surface area contributed by atoms with E-state index >= 15 is 0 Å². The minimum absolute atomic E-state index is 0.109. The number of anilines is 1. The van der Waals surface area contributed by atoms with E-state index in [1.54, 1.807) is 6.07 Å². The molecule has 1 N–H and O–H groups in total. The van der Waals surface area contributed by atoms with Crippen LogP contribution in [0.15, 0.2) is 54.9 Å². The number of rotatable bonds is 4. The van der Waals surface area contributed by atoms with E-state index in [0.29, 0.717) is 23.7 Å². The van der Waals surface area contributed by atoms with Crippen molar-refractivity contribution in [3.63, 3.8) is 0 Å². The van der Waals surface area contributed by atoms with Gasteiger partial charge in [-0.05, 0) is 24.6 Å². The summed E-state index contributed by atoms with van der Waals surface area (Å²) in [5.74, 6) is -0.0566. The molecule has 0 bridgehead atoms. The van der Waals surface area contributed by atoms with Gasteiger partial charge in [-0.1, -0.05) is 53.3 Å². The molecule has 8 heteroatoms. The predicted octanol–water partition coefficient (Wildman–Crippen LogP) is 3.86. The Balaban J connectivity index is 1.47. The van der Waals surface area contributed by atoms with Gasteiger partial charge in [0.1, 0.15) is 12.1 Å². The topological polar surface area (TPSA) is 56.9 Å². The maximum Gasteiger partial charge on any atom is 0.230 e. The number of para-hydroxylation sites is 1. The van der Waals surface area contributed by atoms with Gasteiger partial charge in [0.2, 0.25) is 10.8 Å². The molecule has 0 spiro atoms. The summed E-state index contributed by atoms with van der Waals surface area (Å²) in [5.41, 5.74) is 2.94. The van der Waals surface area contributed by atoms with Crippen LogP contribution < -0.4 is 4.90 Å². The average molecular weight is 424 g/mol. The number of fused-ring (bicyclic) bond motifs is 1. The third-order valence-corrected chi connectivity index (χ3v) is 6.74. The highest BCUT2D eigenvalue weighted by molar-refractivity contribution is 7.17. The Labute approximate surface area is 177 Å². The third-order valence-electron chi connectivity index (χ3n) is 5.65. The Kier molecular flexibility index (Phi) is 4.88. The molecular weight excluding hydrogens is 401 g/mol. The lowest BCUT2D eigenvalue weighted by atomic mass is 10.0. The zero-order valence-electron chi connectivity index (χ0n) is 16.6. The second-order valence-electron chi connectivity index (χ2n) is 7.53. The van der Waals surface area contributed by atoms with Gasteiger partial charge in [-0.25, -0.2) is 9.37 Å². The molecule has 1 aliphatic rings. The van der Waals surface area contributed by atoms with E-state index in [1.165, 1.54) is 33.8 Å². The summed E-state index contributed by atoms with van der Waals surface area (Å²) in [6.07, 6.45) is 1.45. The SMILES string of the molecule is Cc1ccc([C@@H](c2sc3ncnn3c2O)N2CCN(c3ccccc3F)CC2)cc1. The largest absolute Gasteiger partial charge is 0.492 e. The molecule has 30 heavy (non-hydrogen) atoms. The number of aryl methyl sites for hydroxylation is 1. The lowest BCUT2D eigenvalue weighted by Crippen LogP contribution is -2.48. The van der Waals surface area contributed by atoms with Gasteiger partial charge in [-0.15, -0.1) is 0 Å². The number of benzene rings is 2. The highest BCUT2D eigenvalue weighted by atomic mass is 32.1. The van der Waals surface area contributed by atoms with Gasteiger partial charge in [0.25, 0.3) is 0 Å². The summed E-state index contributed by atoms with van der Waals surface area (Å²) < 4.78 is 15.7. The predicted molar refractivity (Wildman–Crippen MR) is 116 cm³/mol. The van der Waals surface area contributed by atoms with E-state index < -0.39 is 0 Å². The molecule has 2 aromatic heterocycles. The molecule has 0 radical (unpaired) electrons. The molecule has 5 rings (SSSR count). The quantitative estimate of drug-likeness (QED) is 0.540. The molecular formula is C22H22FN5OS. The van der Waals surface area contributed by atoms with Gasteiger partial charge in [-0.3, -0.25) is 4.90 Å². The number of thiazole rings is 1. The summed E-state index contributed by atoms with van der Waals surface area (Å²) in [7, 11) is 0. The Morgan fingerprint density at radius 1 is 1.03 bits per heavy atom. The van der Waals surface area contributed by atoms with E-state index in [9.17, 15) is 9.50 Å². The standard InChI is InChI=1S/C22H22FN5OS/c1-15-6-8-16(9-7-15)19(20-21(29)28-22(30-20)24-14-25-28)27-12-10-26(11-13-27)18-5-3-2-4-17(18)23/h2-9,14,19,29H,10-13H2,1H3/t19-/m0/s1. The minimum Gasteiger partial charge on any atom is -0.492 e. The van der Waals surface area contributed by atoms with Crippen molar-refractivity contribution in [2.45, 2.75) is 13.0 Å². The summed E-state index contributed by atoms with van der Waals surface area (Å²) in [5, 5.41) is 15.0. The lowest BCUT2D eigenvalue weighted by Gasteiger charge is -2.40. The van der Waals surface area contributed by atoms with Crippen molar-refractivity contribution >= 4 is 22.0 Å². The fourth-order valence-electron chi connectivity index (χ4n) is 4.08. The Morgan fingerprint density at radius 3 is 2.47 bits per heavy atom. The molecule has 0 amide bonds. The molecule has 0 aliphatic carbocycles. The summed E-state index contributed by atoms with van der Waals surface area (Å²) >= 11 is 1.46. The summed E-state index contributed by atoms with van der Waals surface area (Å²) in [4.78, 5) is 10.2. The van der Waals surface area contributed by atoms with Gasteiger partial charge in [-0.2, -0.15) is 9.61 Å². The van der Waals surface area contributed by atoms with Crippen molar-refractivity contribution in [1.29, 1.82) is 0 Å². The summed E-state index contributed by atoms with van der Waals surface area (Å²) in [6, 6.07) is 15.2. The van der Waals surface area contributed by atoms with Crippen LogP contribution in [0, 0.1) is 12.7 Å². The maximum absolute atomic E-state index is 14.2. The van der Waals surface area contributed by atoms with E-state index in [1.807, 2.05) is 12.1 Å². The van der Waals surface area contributed by atoms with Crippen molar-refractivity contribution in [2.75, 3.05) is 31.1 Å². The maximum atomic E-state index is 14.2. The number of hydrogen-bond acceptors (Lipinski definition) is 6. The normalized spacial score (nSPS) is 16.3. The zero-order valence-corrected chi connectivity index (χ0v) is 17.4. The highest BCUT2D eigenvalue weighted by Crippen LogP contribution is 2.40. The van der Waals surface area contributed by atoms with Crippen LogP contribution in [-0.2, 0) is 0 Å². The molecule has 0 saturated carbocycles. The average Bonchev–Trinajstić information content (AvgIpc) is 3.34. The Hall–Kier alpha value is -2.97. The first-order valence-corrected chi connectivity index (χ1v) is 10.7. The molecule has 1 fully saturated rings. The van der Waals surface area contributed by atoms with Crippen LogP contribution in [0.1, 0.15) is 22.0 Å². The second-order valence-corrected chi connectivity index (χ2v) is 8.54. The second kappa shape index (κ2) is 7.70. The lowest BCUT2D eigenvalue weighted by molar-refractivity contribution is 0.210. The van der Waals surface area contributed by atoms with Gasteiger partial charge in [0.15, 0.2) is 0 Å². The van der Waals surface area contributed by atoms with Gasteiger partial charge < -0.3 is 10.0 Å². The first-order valence-electron chi connectivity index (χ1n) is 9.93. The van der Waals surface area contributed by atoms with Crippen LogP contribution in [0.3, 0.4) is 0 Å². The first-order chi connectivity index (χ1) is 14.6. The monoisotopic (exact) mass is 423 g/mol. The Morgan fingerprint density at radius 2 is 1.77 bits per heavy atom. The van der Waals surface area contributed by atoms with Gasteiger partial charge in [0.05, 0.1) is 16.6 Å². The molecule has 2 aromatic carbocycles. The van der Waals surface area contributed by atoms with Crippen molar-refractivity contribution in [2.24, 2.45) is 0 Å². The third kappa shape index (κ3) is 3.32. The van der Waals surface area contributed by atoms with Crippen LogP contribution >= 0.6 is 11.3 Å². The van der Waals surface area contributed by atoms with E-state index in [0.717, 1.165) is 23.5 Å². The molecule has 4 aromatic rings. The summed E-state index contributed by atoms with van der Waals surface area (Å²) in [6.45, 7) is 4.99. The number of piperazine rings is 1. The van der Waals surface area contributed by atoms with E-state index in [4.69, 9.17) is 0 Å². The van der Waals surface area contributed by atoms with Crippen molar-refractivity contribution in [1.82, 2.24) is 19.5 Å². The number of aromatic hydroxyl groups is 1. The molecule has 1 aliphatic heterocycles. The number of hydrogen-bond donors (Lipinski definition) is 1. The van der Waals surface area contributed by atoms with Crippen LogP contribution in [0.4, 0.5) is 10.1 Å². The highest BCUT2D eigenvalue weighted by Gasteiger charge is 2.31. The van der Waals surface area contributed by atoms with E-state index in [-0.39, 0.29) is 17.7 Å².